The second kappa shape index (κ2) is 6.36. The third kappa shape index (κ3) is 3.69. The fourth-order valence-electron chi connectivity index (χ4n) is 3.05. The van der Waals surface area contributed by atoms with Gasteiger partial charge in [-0.3, -0.25) is 4.90 Å². The molecule has 1 aliphatic heterocycles. The molecule has 0 radical (unpaired) electrons. The fraction of sp³-hybridized carbons (Fsp3) is 1.00. The Morgan fingerprint density at radius 2 is 1.94 bits per heavy atom. The molecule has 0 amide bonds. The minimum absolute atomic E-state index is 0.184. The molecule has 18 heavy (non-hydrogen) atoms. The van der Waals surface area contributed by atoms with Crippen LogP contribution >= 0.6 is 0 Å². The van der Waals surface area contributed by atoms with Gasteiger partial charge in [0.2, 0.25) is 0 Å². The Balaban J connectivity index is 2.66. The van der Waals surface area contributed by atoms with Crippen LogP contribution in [0.4, 0.5) is 0 Å². The summed E-state index contributed by atoms with van der Waals surface area (Å²) in [4.78, 5) is 4.99. The average Bonchev–Trinajstić information content (AvgIpc) is 2.69. The van der Waals surface area contributed by atoms with Crippen LogP contribution in [0.2, 0.25) is 0 Å². The second-order valence-corrected chi connectivity index (χ2v) is 7.05. The minimum atomic E-state index is 0.184. The van der Waals surface area contributed by atoms with Gasteiger partial charge in [-0.2, -0.15) is 0 Å². The number of likely N-dealkylation sites (N-methyl/N-ethyl adjacent to an activating group) is 1. The van der Waals surface area contributed by atoms with Gasteiger partial charge in [-0.25, -0.2) is 0 Å². The maximum absolute atomic E-state index is 6.08. The highest BCUT2D eigenvalue weighted by Crippen LogP contribution is 2.30. The molecule has 0 aliphatic carbocycles. The highest BCUT2D eigenvalue weighted by atomic mass is 15.3. The lowest BCUT2D eigenvalue weighted by Gasteiger charge is -2.39. The zero-order valence-electron chi connectivity index (χ0n) is 13.2. The maximum Gasteiger partial charge on any atom is 0.0304 e. The lowest BCUT2D eigenvalue weighted by molar-refractivity contribution is 0.114. The van der Waals surface area contributed by atoms with Crippen molar-refractivity contribution in [1.82, 2.24) is 9.80 Å². The molecule has 1 fully saturated rings. The van der Waals surface area contributed by atoms with Crippen molar-refractivity contribution >= 4 is 0 Å². The summed E-state index contributed by atoms with van der Waals surface area (Å²) in [6, 6.07) is 0.676. The fourth-order valence-corrected chi connectivity index (χ4v) is 3.05. The van der Waals surface area contributed by atoms with Crippen molar-refractivity contribution in [2.75, 3.05) is 33.7 Å². The minimum Gasteiger partial charge on any atom is -0.329 e. The lowest BCUT2D eigenvalue weighted by atomic mass is 9.90. The summed E-state index contributed by atoms with van der Waals surface area (Å²) >= 11 is 0. The highest BCUT2D eigenvalue weighted by molar-refractivity contribution is 4.96. The van der Waals surface area contributed by atoms with Crippen molar-refractivity contribution in [2.45, 2.75) is 52.1 Å². The summed E-state index contributed by atoms with van der Waals surface area (Å²) in [6.07, 6.45) is 2.49. The summed E-state index contributed by atoms with van der Waals surface area (Å²) in [5.74, 6) is 1.51. The molecule has 3 nitrogen and oxygen atoms in total. The van der Waals surface area contributed by atoms with Gasteiger partial charge in [-0.1, -0.05) is 20.8 Å². The molecular formula is C15H33N3. The molecule has 1 rings (SSSR count). The van der Waals surface area contributed by atoms with Gasteiger partial charge in [0.1, 0.15) is 0 Å². The van der Waals surface area contributed by atoms with Gasteiger partial charge in [0.05, 0.1) is 0 Å². The van der Waals surface area contributed by atoms with Crippen molar-refractivity contribution in [3.63, 3.8) is 0 Å². The van der Waals surface area contributed by atoms with Gasteiger partial charge in [-0.05, 0) is 45.7 Å². The predicted octanol–water partition coefficient (Wildman–Crippen LogP) is 2.02. The molecule has 2 N–H and O–H groups in total. The number of nitrogens with two attached hydrogens (primary N) is 1. The maximum atomic E-state index is 6.08. The van der Waals surface area contributed by atoms with E-state index in [9.17, 15) is 0 Å². The van der Waals surface area contributed by atoms with Crippen LogP contribution in [-0.2, 0) is 0 Å². The third-order valence-electron chi connectivity index (χ3n) is 4.70. The first-order valence-electron chi connectivity index (χ1n) is 7.41. The normalized spacial score (nSPS) is 29.2. The molecule has 3 unspecified atom stereocenters. The highest BCUT2D eigenvalue weighted by Gasteiger charge is 2.39. The van der Waals surface area contributed by atoms with Crippen LogP contribution in [0.25, 0.3) is 0 Å². The Kier molecular flexibility index (Phi) is 5.63. The standard InChI is InChI=1S/C15H33N3/c1-12(2)7-8-15(4,11-16)18-9-13(3)14(10-18)17(5)6/h12-14H,7-11,16H2,1-6H3. The van der Waals surface area contributed by atoms with Crippen LogP contribution in [0, 0.1) is 11.8 Å². The van der Waals surface area contributed by atoms with Crippen molar-refractivity contribution in [3.8, 4) is 0 Å². The summed E-state index contributed by atoms with van der Waals surface area (Å²) in [6.45, 7) is 12.4. The van der Waals surface area contributed by atoms with Crippen LogP contribution in [-0.4, -0.2) is 55.1 Å². The molecule has 0 aromatic heterocycles. The molecule has 0 saturated carbocycles. The van der Waals surface area contributed by atoms with E-state index in [1.807, 2.05) is 0 Å². The molecule has 0 aromatic carbocycles. The van der Waals surface area contributed by atoms with Crippen LogP contribution in [0.15, 0.2) is 0 Å². The van der Waals surface area contributed by atoms with Crippen molar-refractivity contribution < 1.29 is 0 Å². The molecule has 3 atom stereocenters. The molecule has 1 aliphatic rings. The molecule has 1 saturated heterocycles. The summed E-state index contributed by atoms with van der Waals surface area (Å²) in [5.41, 5.74) is 6.27. The van der Waals surface area contributed by atoms with Crippen molar-refractivity contribution in [3.05, 3.63) is 0 Å². The first-order valence-corrected chi connectivity index (χ1v) is 7.41. The van der Waals surface area contributed by atoms with E-state index in [1.54, 1.807) is 0 Å². The molecule has 0 spiro atoms. The Labute approximate surface area is 114 Å². The topological polar surface area (TPSA) is 32.5 Å². The lowest BCUT2D eigenvalue weighted by Crippen LogP contribution is -2.51. The van der Waals surface area contributed by atoms with Gasteiger partial charge >= 0.3 is 0 Å². The third-order valence-corrected chi connectivity index (χ3v) is 4.70. The number of hydrogen-bond acceptors (Lipinski definition) is 3. The molecule has 0 bridgehead atoms. The van der Waals surface area contributed by atoms with E-state index < -0.39 is 0 Å². The van der Waals surface area contributed by atoms with Gasteiger partial charge in [0, 0.05) is 31.2 Å². The molecule has 108 valence electrons. The first kappa shape index (κ1) is 15.9. The van der Waals surface area contributed by atoms with Gasteiger partial charge in [0.15, 0.2) is 0 Å². The first-order chi connectivity index (χ1) is 8.30. The molecule has 3 heteroatoms. The number of rotatable bonds is 6. The Morgan fingerprint density at radius 1 is 1.33 bits per heavy atom. The largest absolute Gasteiger partial charge is 0.329 e. The number of nitrogens with zero attached hydrogens (tertiary/aromatic N) is 2. The average molecular weight is 255 g/mol. The van der Waals surface area contributed by atoms with Gasteiger partial charge in [0.25, 0.3) is 0 Å². The van der Waals surface area contributed by atoms with Gasteiger partial charge < -0.3 is 10.6 Å². The van der Waals surface area contributed by atoms with Crippen LogP contribution in [0.1, 0.15) is 40.5 Å². The Bertz CT molecular complexity index is 252. The van der Waals surface area contributed by atoms with E-state index in [1.165, 1.54) is 25.9 Å². The van der Waals surface area contributed by atoms with Crippen molar-refractivity contribution in [1.29, 1.82) is 0 Å². The van der Waals surface area contributed by atoms with E-state index >= 15 is 0 Å². The number of hydrogen-bond donors (Lipinski definition) is 1. The Hall–Kier alpha value is -0.120. The van der Waals surface area contributed by atoms with Crippen LogP contribution in [0.5, 0.6) is 0 Å². The summed E-state index contributed by atoms with van der Waals surface area (Å²) in [5, 5.41) is 0. The predicted molar refractivity (Wildman–Crippen MR) is 79.7 cm³/mol. The van der Waals surface area contributed by atoms with E-state index in [2.05, 4.69) is 51.6 Å². The Morgan fingerprint density at radius 3 is 2.33 bits per heavy atom. The quantitative estimate of drug-likeness (QED) is 0.788. The number of likely N-dealkylation sites (tertiary alicyclic amines) is 1. The van der Waals surface area contributed by atoms with E-state index in [0.29, 0.717) is 6.04 Å². The molecular weight excluding hydrogens is 222 g/mol. The van der Waals surface area contributed by atoms with Gasteiger partial charge in [-0.15, -0.1) is 0 Å². The summed E-state index contributed by atoms with van der Waals surface area (Å²) < 4.78 is 0. The van der Waals surface area contributed by atoms with Crippen LogP contribution in [0.3, 0.4) is 0 Å². The van der Waals surface area contributed by atoms with E-state index in [4.69, 9.17) is 5.73 Å². The van der Waals surface area contributed by atoms with Crippen LogP contribution < -0.4 is 5.73 Å². The smallest absolute Gasteiger partial charge is 0.0304 e. The van der Waals surface area contributed by atoms with Crippen molar-refractivity contribution in [2.24, 2.45) is 17.6 Å². The zero-order chi connectivity index (χ0) is 13.9. The van der Waals surface area contributed by atoms with E-state index in [0.717, 1.165) is 18.4 Å². The molecule has 1 heterocycles. The second-order valence-electron chi connectivity index (χ2n) is 7.05. The van der Waals surface area contributed by atoms with E-state index in [-0.39, 0.29) is 5.54 Å². The SMILES string of the molecule is CC(C)CCC(C)(CN)N1CC(C)C(N(C)C)C1. The zero-order valence-corrected chi connectivity index (χ0v) is 13.2. The summed E-state index contributed by atoms with van der Waals surface area (Å²) in [7, 11) is 4.39. The molecule has 0 aromatic rings. The monoisotopic (exact) mass is 255 g/mol.